The Balaban J connectivity index is 1.82. The van der Waals surface area contributed by atoms with Gasteiger partial charge in [0.15, 0.2) is 5.78 Å². The van der Waals surface area contributed by atoms with Crippen LogP contribution < -0.4 is 10.2 Å². The summed E-state index contributed by atoms with van der Waals surface area (Å²) in [7, 11) is 1.60. The van der Waals surface area contributed by atoms with E-state index in [9.17, 15) is 19.7 Å². The van der Waals surface area contributed by atoms with Crippen LogP contribution in [0.1, 0.15) is 27.0 Å². The molecular formula is C24H23N3O4. The van der Waals surface area contributed by atoms with Gasteiger partial charge in [0.1, 0.15) is 5.69 Å². The van der Waals surface area contributed by atoms with Crippen LogP contribution in [-0.2, 0) is 4.79 Å². The molecule has 0 saturated heterocycles. The van der Waals surface area contributed by atoms with E-state index < -0.39 is 4.92 Å². The number of nitro groups is 1. The molecule has 0 aromatic heterocycles. The molecule has 7 heteroatoms. The van der Waals surface area contributed by atoms with Gasteiger partial charge in [0.2, 0.25) is 5.91 Å². The van der Waals surface area contributed by atoms with Gasteiger partial charge in [-0.1, -0.05) is 48.5 Å². The largest absolute Gasteiger partial charge is 0.360 e. The lowest BCUT2D eigenvalue weighted by Gasteiger charge is -2.20. The number of ketones is 1. The molecule has 1 amide bonds. The number of likely N-dealkylation sites (N-methyl/N-ethyl adjacent to an activating group) is 1. The number of benzene rings is 3. The van der Waals surface area contributed by atoms with Crippen molar-refractivity contribution >= 4 is 28.8 Å². The summed E-state index contributed by atoms with van der Waals surface area (Å²) in [6.45, 7) is 3.72. The number of carbonyl (C=O) groups is 2. The molecule has 0 saturated carbocycles. The first kappa shape index (κ1) is 21.7. The predicted octanol–water partition coefficient (Wildman–Crippen LogP) is 4.52. The number of nitrogens with one attached hydrogen (secondary N) is 1. The standard InChI is InChI=1S/C24H23N3O4/c1-16-8-7-9-17(2)23(16)25-22(28)15-26(3)20-13-12-19(14-21(20)27(30)31)24(29)18-10-5-4-6-11-18/h4-14H,15H2,1-3H3,(H,25,28). The average molecular weight is 417 g/mol. The maximum absolute atomic E-state index is 12.6. The maximum Gasteiger partial charge on any atom is 0.293 e. The van der Waals surface area contributed by atoms with E-state index in [2.05, 4.69) is 5.32 Å². The second-order valence-corrected chi connectivity index (χ2v) is 7.33. The lowest BCUT2D eigenvalue weighted by molar-refractivity contribution is -0.384. The van der Waals surface area contributed by atoms with Gasteiger partial charge in [-0.15, -0.1) is 0 Å². The quantitative estimate of drug-likeness (QED) is 0.347. The summed E-state index contributed by atoms with van der Waals surface area (Å²) in [6.07, 6.45) is 0. The van der Waals surface area contributed by atoms with E-state index in [0.29, 0.717) is 5.56 Å². The molecule has 0 spiro atoms. The Bertz CT molecular complexity index is 1120. The summed E-state index contributed by atoms with van der Waals surface area (Å²) in [6, 6.07) is 18.6. The van der Waals surface area contributed by atoms with Gasteiger partial charge < -0.3 is 10.2 Å². The molecule has 0 aliphatic rings. The van der Waals surface area contributed by atoms with Crippen molar-refractivity contribution in [3.8, 4) is 0 Å². The molecule has 0 aliphatic carbocycles. The van der Waals surface area contributed by atoms with Gasteiger partial charge in [-0.25, -0.2) is 0 Å². The van der Waals surface area contributed by atoms with Gasteiger partial charge in [0.25, 0.3) is 5.69 Å². The van der Waals surface area contributed by atoms with Gasteiger partial charge in [-0.2, -0.15) is 0 Å². The maximum atomic E-state index is 12.6. The molecule has 0 radical (unpaired) electrons. The van der Waals surface area contributed by atoms with E-state index in [-0.39, 0.29) is 35.2 Å². The Morgan fingerprint density at radius 1 is 0.935 bits per heavy atom. The summed E-state index contributed by atoms with van der Waals surface area (Å²) < 4.78 is 0. The number of nitro benzene ring substituents is 1. The first-order valence-corrected chi connectivity index (χ1v) is 9.73. The van der Waals surface area contributed by atoms with E-state index in [0.717, 1.165) is 16.8 Å². The minimum atomic E-state index is -0.545. The van der Waals surface area contributed by atoms with Crippen molar-refractivity contribution in [3.05, 3.63) is 99.1 Å². The number of aryl methyl sites for hydroxylation is 2. The Morgan fingerprint density at radius 3 is 2.19 bits per heavy atom. The van der Waals surface area contributed by atoms with E-state index in [1.54, 1.807) is 37.4 Å². The van der Waals surface area contributed by atoms with Crippen molar-refractivity contribution in [1.29, 1.82) is 0 Å². The number of para-hydroxylation sites is 1. The molecular weight excluding hydrogens is 394 g/mol. The van der Waals surface area contributed by atoms with E-state index >= 15 is 0 Å². The smallest absolute Gasteiger partial charge is 0.293 e. The number of carbonyl (C=O) groups excluding carboxylic acids is 2. The number of hydrogen-bond acceptors (Lipinski definition) is 5. The molecule has 0 unspecified atom stereocenters. The van der Waals surface area contributed by atoms with Crippen molar-refractivity contribution in [2.45, 2.75) is 13.8 Å². The summed E-state index contributed by atoms with van der Waals surface area (Å²) in [4.78, 5) is 37.8. The SMILES string of the molecule is Cc1cccc(C)c1NC(=O)CN(C)c1ccc(C(=O)c2ccccc2)cc1[N+](=O)[O-]. The monoisotopic (exact) mass is 417 g/mol. The van der Waals surface area contributed by atoms with E-state index in [1.807, 2.05) is 32.0 Å². The molecule has 7 nitrogen and oxygen atoms in total. The Morgan fingerprint density at radius 2 is 1.58 bits per heavy atom. The van der Waals surface area contributed by atoms with Crippen LogP contribution in [0.2, 0.25) is 0 Å². The van der Waals surface area contributed by atoms with Crippen molar-refractivity contribution in [1.82, 2.24) is 0 Å². The highest BCUT2D eigenvalue weighted by atomic mass is 16.6. The fourth-order valence-electron chi connectivity index (χ4n) is 3.38. The third-order valence-corrected chi connectivity index (χ3v) is 5.01. The Hall–Kier alpha value is -4.00. The number of hydrogen-bond donors (Lipinski definition) is 1. The average Bonchev–Trinajstić information content (AvgIpc) is 2.76. The predicted molar refractivity (Wildman–Crippen MR) is 121 cm³/mol. The van der Waals surface area contributed by atoms with Gasteiger partial charge in [-0.3, -0.25) is 19.7 Å². The minimum absolute atomic E-state index is 0.0827. The third kappa shape index (κ3) is 4.95. The first-order chi connectivity index (χ1) is 14.8. The summed E-state index contributed by atoms with van der Waals surface area (Å²) in [5.74, 6) is -0.593. The van der Waals surface area contributed by atoms with Gasteiger partial charge in [0.05, 0.1) is 11.5 Å². The Labute approximate surface area is 180 Å². The lowest BCUT2D eigenvalue weighted by atomic mass is 10.0. The van der Waals surface area contributed by atoms with Crippen LogP contribution in [0.4, 0.5) is 17.1 Å². The lowest BCUT2D eigenvalue weighted by Crippen LogP contribution is -2.31. The molecule has 0 bridgehead atoms. The van der Waals surface area contributed by atoms with Crippen molar-refractivity contribution in [2.75, 3.05) is 23.8 Å². The van der Waals surface area contributed by atoms with Crippen LogP contribution in [0.25, 0.3) is 0 Å². The van der Waals surface area contributed by atoms with Gasteiger partial charge in [-0.05, 0) is 37.1 Å². The second-order valence-electron chi connectivity index (χ2n) is 7.33. The highest BCUT2D eigenvalue weighted by Gasteiger charge is 2.22. The summed E-state index contributed by atoms with van der Waals surface area (Å²) in [5.41, 5.74) is 3.30. The van der Waals surface area contributed by atoms with Crippen LogP contribution in [0.5, 0.6) is 0 Å². The normalized spacial score (nSPS) is 10.4. The number of rotatable bonds is 7. The third-order valence-electron chi connectivity index (χ3n) is 5.01. The number of nitrogens with zero attached hydrogens (tertiary/aromatic N) is 2. The summed E-state index contributed by atoms with van der Waals surface area (Å²) >= 11 is 0. The van der Waals surface area contributed by atoms with Crippen LogP contribution in [0.3, 0.4) is 0 Å². The zero-order valence-corrected chi connectivity index (χ0v) is 17.6. The van der Waals surface area contributed by atoms with Crippen LogP contribution in [-0.4, -0.2) is 30.2 Å². The summed E-state index contributed by atoms with van der Waals surface area (Å²) in [5, 5.41) is 14.5. The molecule has 0 atom stereocenters. The van der Waals surface area contributed by atoms with Crippen LogP contribution in [0, 0.1) is 24.0 Å². The second kappa shape index (κ2) is 9.21. The van der Waals surface area contributed by atoms with Crippen molar-refractivity contribution in [2.24, 2.45) is 0 Å². The fraction of sp³-hybridized carbons (Fsp3) is 0.167. The Kier molecular flexibility index (Phi) is 6.45. The van der Waals surface area contributed by atoms with Crippen LogP contribution in [0.15, 0.2) is 66.7 Å². The molecule has 3 rings (SSSR count). The minimum Gasteiger partial charge on any atom is -0.360 e. The molecule has 0 aliphatic heterocycles. The topological polar surface area (TPSA) is 92.6 Å². The molecule has 0 heterocycles. The zero-order valence-electron chi connectivity index (χ0n) is 17.6. The number of anilines is 2. The van der Waals surface area contributed by atoms with Crippen LogP contribution >= 0.6 is 0 Å². The number of amides is 1. The first-order valence-electron chi connectivity index (χ1n) is 9.73. The molecule has 1 N–H and O–H groups in total. The molecule has 3 aromatic carbocycles. The van der Waals surface area contributed by atoms with Gasteiger partial charge >= 0.3 is 0 Å². The van der Waals surface area contributed by atoms with E-state index in [1.165, 1.54) is 23.1 Å². The molecule has 0 fully saturated rings. The molecule has 31 heavy (non-hydrogen) atoms. The van der Waals surface area contributed by atoms with Gasteiger partial charge in [0, 0.05) is 29.9 Å². The van der Waals surface area contributed by atoms with Crippen molar-refractivity contribution in [3.63, 3.8) is 0 Å². The highest BCUT2D eigenvalue weighted by molar-refractivity contribution is 6.09. The fourth-order valence-corrected chi connectivity index (χ4v) is 3.38. The van der Waals surface area contributed by atoms with Crippen molar-refractivity contribution < 1.29 is 14.5 Å². The zero-order chi connectivity index (χ0) is 22.5. The molecule has 158 valence electrons. The highest BCUT2D eigenvalue weighted by Crippen LogP contribution is 2.29. The molecule has 3 aromatic rings. The van der Waals surface area contributed by atoms with E-state index in [4.69, 9.17) is 0 Å².